The van der Waals surface area contributed by atoms with Crippen molar-refractivity contribution in [1.29, 1.82) is 0 Å². The number of rotatable bonds is 2. The summed E-state index contributed by atoms with van der Waals surface area (Å²) in [6.07, 6.45) is 0. The molecule has 0 saturated carbocycles. The molecule has 6 heteroatoms. The van der Waals surface area contributed by atoms with E-state index in [0.717, 1.165) is 16.4 Å². The number of aromatic nitrogens is 1. The lowest BCUT2D eigenvalue weighted by Gasteiger charge is -2.32. The number of ether oxygens (including phenoxy) is 1. The molecule has 2 aromatic rings. The molecule has 1 aromatic heterocycles. The maximum atomic E-state index is 11.9. The molecule has 2 heterocycles. The highest BCUT2D eigenvalue weighted by atomic mass is 16.7. The topological polar surface area (TPSA) is 60.6 Å². The van der Waals surface area contributed by atoms with Crippen LogP contribution >= 0.6 is 0 Å². The largest absolute Gasteiger partial charge is 0.494 e. The molecule has 1 saturated heterocycles. The van der Waals surface area contributed by atoms with Crippen LogP contribution in [0, 0.1) is 0 Å². The van der Waals surface area contributed by atoms with Gasteiger partial charge in [0.1, 0.15) is 0 Å². The van der Waals surface area contributed by atoms with Gasteiger partial charge in [-0.2, -0.15) is 0 Å². The predicted octanol–water partition coefficient (Wildman–Crippen LogP) is 1.84. The van der Waals surface area contributed by atoms with Gasteiger partial charge in [-0.3, -0.25) is 4.79 Å². The van der Waals surface area contributed by atoms with Crippen molar-refractivity contribution in [2.24, 2.45) is 0 Å². The average molecular weight is 301 g/mol. The Kier molecular flexibility index (Phi) is 3.34. The van der Waals surface area contributed by atoms with Crippen LogP contribution in [0.25, 0.3) is 10.9 Å². The molecule has 3 rings (SSSR count). The van der Waals surface area contributed by atoms with E-state index in [9.17, 15) is 4.79 Å². The summed E-state index contributed by atoms with van der Waals surface area (Å²) >= 11 is 0. The lowest BCUT2D eigenvalue weighted by molar-refractivity contribution is 0.00578. The van der Waals surface area contributed by atoms with E-state index < -0.39 is 7.12 Å². The minimum atomic E-state index is -0.444. The summed E-state index contributed by atoms with van der Waals surface area (Å²) in [6, 6.07) is 7.48. The number of methoxy groups -OCH3 is 1. The quantitative estimate of drug-likeness (QED) is 0.860. The number of aromatic amines is 1. The summed E-state index contributed by atoms with van der Waals surface area (Å²) in [5.41, 5.74) is 0.589. The second-order valence-corrected chi connectivity index (χ2v) is 6.60. The number of benzene rings is 1. The molecule has 1 aromatic carbocycles. The minimum Gasteiger partial charge on any atom is -0.491 e. The molecule has 1 aliphatic rings. The summed E-state index contributed by atoms with van der Waals surface area (Å²) < 4.78 is 17.1. The van der Waals surface area contributed by atoms with Crippen LogP contribution in [0.3, 0.4) is 0 Å². The van der Waals surface area contributed by atoms with E-state index >= 15 is 0 Å². The van der Waals surface area contributed by atoms with Crippen molar-refractivity contribution in [3.63, 3.8) is 0 Å². The first-order valence-corrected chi connectivity index (χ1v) is 7.30. The zero-order valence-electron chi connectivity index (χ0n) is 13.5. The highest BCUT2D eigenvalue weighted by Crippen LogP contribution is 2.36. The first kappa shape index (κ1) is 15.1. The normalized spacial score (nSPS) is 19.6. The third-order valence-electron chi connectivity index (χ3n) is 4.58. The van der Waals surface area contributed by atoms with Crippen LogP contribution in [0.1, 0.15) is 27.7 Å². The van der Waals surface area contributed by atoms with E-state index in [1.165, 1.54) is 7.11 Å². The zero-order valence-corrected chi connectivity index (χ0v) is 13.5. The van der Waals surface area contributed by atoms with Crippen LogP contribution in [-0.4, -0.2) is 30.4 Å². The van der Waals surface area contributed by atoms with Gasteiger partial charge in [0.25, 0.3) is 5.56 Å². The van der Waals surface area contributed by atoms with Crippen LogP contribution < -0.4 is 15.8 Å². The zero-order chi connectivity index (χ0) is 16.1. The van der Waals surface area contributed by atoms with Gasteiger partial charge in [0.05, 0.1) is 18.3 Å². The maximum Gasteiger partial charge on any atom is 0.494 e. The van der Waals surface area contributed by atoms with Crippen molar-refractivity contribution in [2.75, 3.05) is 7.11 Å². The highest BCUT2D eigenvalue weighted by Gasteiger charge is 2.51. The van der Waals surface area contributed by atoms with Crippen molar-refractivity contribution in [1.82, 2.24) is 4.98 Å². The minimum absolute atomic E-state index is 0.249. The Labute approximate surface area is 129 Å². The molecule has 0 spiro atoms. The van der Waals surface area contributed by atoms with Gasteiger partial charge in [0, 0.05) is 10.9 Å². The highest BCUT2D eigenvalue weighted by molar-refractivity contribution is 6.62. The number of pyridine rings is 1. The molecule has 0 unspecified atom stereocenters. The van der Waals surface area contributed by atoms with Crippen molar-refractivity contribution in [3.05, 3.63) is 34.6 Å². The number of H-pyrrole nitrogens is 1. The van der Waals surface area contributed by atoms with Gasteiger partial charge in [0.15, 0.2) is 5.75 Å². The first-order valence-electron chi connectivity index (χ1n) is 7.30. The van der Waals surface area contributed by atoms with E-state index in [0.29, 0.717) is 5.75 Å². The summed E-state index contributed by atoms with van der Waals surface area (Å²) in [4.78, 5) is 14.7. The second-order valence-electron chi connectivity index (χ2n) is 6.60. The first-order chi connectivity index (χ1) is 10.2. The monoisotopic (exact) mass is 301 g/mol. The van der Waals surface area contributed by atoms with E-state index in [4.69, 9.17) is 14.0 Å². The molecule has 0 atom stereocenters. The van der Waals surface area contributed by atoms with Crippen molar-refractivity contribution in [3.8, 4) is 5.75 Å². The number of hydrogen-bond donors (Lipinski definition) is 1. The standard InChI is InChI=1S/C16H20BNO4/c1-15(2)16(3,4)22-17(21-15)11-7-6-10-8-13(20-5)14(19)18-12(10)9-11/h6-9H,1-5H3,(H,18,19). The second kappa shape index (κ2) is 4.86. The number of fused-ring (bicyclic) bond motifs is 1. The van der Waals surface area contributed by atoms with Gasteiger partial charge in [-0.05, 0) is 45.3 Å². The molecule has 22 heavy (non-hydrogen) atoms. The fourth-order valence-electron chi connectivity index (χ4n) is 2.48. The molecule has 0 amide bonds. The Hall–Kier alpha value is -1.79. The third kappa shape index (κ3) is 2.32. The smallest absolute Gasteiger partial charge is 0.491 e. The molecule has 0 aliphatic carbocycles. The molecular weight excluding hydrogens is 281 g/mol. The molecule has 0 radical (unpaired) electrons. The summed E-state index contributed by atoms with van der Waals surface area (Å²) in [7, 11) is 1.04. The van der Waals surface area contributed by atoms with Gasteiger partial charge in [-0.25, -0.2) is 0 Å². The Morgan fingerprint density at radius 2 is 1.73 bits per heavy atom. The van der Waals surface area contributed by atoms with Crippen molar-refractivity contribution in [2.45, 2.75) is 38.9 Å². The molecule has 5 nitrogen and oxygen atoms in total. The molecule has 1 N–H and O–H groups in total. The lowest BCUT2D eigenvalue weighted by atomic mass is 9.79. The van der Waals surface area contributed by atoms with Crippen LogP contribution in [0.15, 0.2) is 29.1 Å². The number of nitrogens with one attached hydrogen (secondary N) is 1. The summed E-state index contributed by atoms with van der Waals surface area (Å²) in [5.74, 6) is 0.302. The van der Waals surface area contributed by atoms with E-state index in [2.05, 4.69) is 4.98 Å². The Bertz CT molecular complexity index is 765. The SMILES string of the molecule is COc1cc2ccc(B3OC(C)(C)C(C)(C)O3)cc2[nH]c1=O. The lowest BCUT2D eigenvalue weighted by Crippen LogP contribution is -2.41. The summed E-state index contributed by atoms with van der Waals surface area (Å²) in [6.45, 7) is 8.06. The van der Waals surface area contributed by atoms with Crippen LogP contribution in [0.5, 0.6) is 5.75 Å². The van der Waals surface area contributed by atoms with E-state index in [-0.39, 0.29) is 16.8 Å². The maximum absolute atomic E-state index is 11.9. The molecule has 1 fully saturated rings. The number of hydrogen-bond acceptors (Lipinski definition) is 4. The molecule has 0 bridgehead atoms. The van der Waals surface area contributed by atoms with Gasteiger partial charge in [-0.1, -0.05) is 12.1 Å². The summed E-state index contributed by atoms with van der Waals surface area (Å²) in [5, 5.41) is 0.900. The van der Waals surface area contributed by atoms with Crippen LogP contribution in [-0.2, 0) is 9.31 Å². The Balaban J connectivity index is 2.02. The van der Waals surface area contributed by atoms with E-state index in [1.807, 2.05) is 45.9 Å². The average Bonchev–Trinajstić information content (AvgIpc) is 2.66. The van der Waals surface area contributed by atoms with Crippen molar-refractivity contribution >= 4 is 23.5 Å². The van der Waals surface area contributed by atoms with Crippen LogP contribution in [0.2, 0.25) is 0 Å². The Morgan fingerprint density at radius 1 is 1.09 bits per heavy atom. The van der Waals surface area contributed by atoms with Gasteiger partial charge >= 0.3 is 7.12 Å². The van der Waals surface area contributed by atoms with Gasteiger partial charge < -0.3 is 19.0 Å². The molecular formula is C16H20BNO4. The Morgan fingerprint density at radius 3 is 2.32 bits per heavy atom. The van der Waals surface area contributed by atoms with Crippen molar-refractivity contribution < 1.29 is 14.0 Å². The fraction of sp³-hybridized carbons (Fsp3) is 0.438. The van der Waals surface area contributed by atoms with Gasteiger partial charge in [0.2, 0.25) is 0 Å². The molecule has 116 valence electrons. The van der Waals surface area contributed by atoms with Crippen LogP contribution in [0.4, 0.5) is 0 Å². The fourth-order valence-corrected chi connectivity index (χ4v) is 2.48. The predicted molar refractivity (Wildman–Crippen MR) is 86.8 cm³/mol. The van der Waals surface area contributed by atoms with E-state index in [1.54, 1.807) is 6.07 Å². The molecule has 1 aliphatic heterocycles. The third-order valence-corrected chi connectivity index (χ3v) is 4.58. The van der Waals surface area contributed by atoms with Gasteiger partial charge in [-0.15, -0.1) is 0 Å².